The highest BCUT2D eigenvalue weighted by atomic mass is 35.5. The number of benzene rings is 2. The van der Waals surface area contributed by atoms with Crippen LogP contribution < -0.4 is 10.1 Å². The van der Waals surface area contributed by atoms with E-state index in [9.17, 15) is 13.2 Å². The third-order valence-electron chi connectivity index (χ3n) is 5.64. The molecule has 0 aliphatic carbocycles. The third kappa shape index (κ3) is 5.40. The van der Waals surface area contributed by atoms with E-state index in [-0.39, 0.29) is 23.3 Å². The van der Waals surface area contributed by atoms with Crippen LogP contribution >= 0.6 is 11.6 Å². The SMILES string of the molecule is COc1ccc(C(C)C)cc1S(=O)(=O)N1CCC[C@@H](C(=O)NCc2ccccc2Cl)C1. The van der Waals surface area contributed by atoms with Gasteiger partial charge in [-0.05, 0) is 48.1 Å². The predicted molar refractivity (Wildman–Crippen MR) is 122 cm³/mol. The van der Waals surface area contributed by atoms with Crippen molar-refractivity contribution in [2.45, 2.75) is 44.0 Å². The average molecular weight is 465 g/mol. The summed E-state index contributed by atoms with van der Waals surface area (Å²) in [4.78, 5) is 12.9. The topological polar surface area (TPSA) is 75.7 Å². The Labute approximate surface area is 189 Å². The zero-order valence-electron chi connectivity index (χ0n) is 18.1. The van der Waals surface area contributed by atoms with Crippen molar-refractivity contribution >= 4 is 27.5 Å². The number of methoxy groups -OCH3 is 1. The lowest BCUT2D eigenvalue weighted by atomic mass is 9.99. The molecule has 1 amide bonds. The summed E-state index contributed by atoms with van der Waals surface area (Å²) in [7, 11) is -2.33. The molecule has 0 bridgehead atoms. The van der Waals surface area contributed by atoms with Gasteiger partial charge in [0.1, 0.15) is 10.6 Å². The number of halogens is 1. The van der Waals surface area contributed by atoms with Gasteiger partial charge in [0, 0.05) is 24.7 Å². The molecule has 0 spiro atoms. The van der Waals surface area contributed by atoms with Crippen LogP contribution in [0.4, 0.5) is 0 Å². The van der Waals surface area contributed by atoms with Crippen molar-refractivity contribution in [1.82, 2.24) is 9.62 Å². The van der Waals surface area contributed by atoms with Gasteiger partial charge in [-0.3, -0.25) is 4.79 Å². The van der Waals surface area contributed by atoms with Crippen molar-refractivity contribution < 1.29 is 17.9 Å². The second-order valence-electron chi connectivity index (χ2n) is 8.08. The lowest BCUT2D eigenvalue weighted by Gasteiger charge is -2.31. The van der Waals surface area contributed by atoms with E-state index in [2.05, 4.69) is 5.32 Å². The molecule has 0 radical (unpaired) electrons. The van der Waals surface area contributed by atoms with Crippen molar-refractivity contribution in [2.75, 3.05) is 20.2 Å². The van der Waals surface area contributed by atoms with E-state index in [0.717, 1.165) is 11.1 Å². The van der Waals surface area contributed by atoms with Crippen LogP contribution in [0, 0.1) is 5.92 Å². The van der Waals surface area contributed by atoms with Crippen LogP contribution in [-0.2, 0) is 21.4 Å². The molecule has 168 valence electrons. The molecule has 0 unspecified atom stereocenters. The number of sulfonamides is 1. The van der Waals surface area contributed by atoms with Gasteiger partial charge in [-0.2, -0.15) is 4.31 Å². The minimum Gasteiger partial charge on any atom is -0.495 e. The van der Waals surface area contributed by atoms with Gasteiger partial charge in [0.25, 0.3) is 0 Å². The minimum atomic E-state index is -3.79. The van der Waals surface area contributed by atoms with E-state index < -0.39 is 15.9 Å². The third-order valence-corrected chi connectivity index (χ3v) is 7.89. The number of carbonyl (C=O) groups is 1. The molecule has 1 aliphatic heterocycles. The summed E-state index contributed by atoms with van der Waals surface area (Å²) in [6, 6.07) is 12.6. The van der Waals surface area contributed by atoms with Crippen molar-refractivity contribution in [3.63, 3.8) is 0 Å². The van der Waals surface area contributed by atoms with Crippen molar-refractivity contribution in [2.24, 2.45) is 5.92 Å². The van der Waals surface area contributed by atoms with Gasteiger partial charge in [-0.25, -0.2) is 8.42 Å². The van der Waals surface area contributed by atoms with E-state index in [1.807, 2.05) is 38.1 Å². The second-order valence-corrected chi connectivity index (χ2v) is 10.4. The smallest absolute Gasteiger partial charge is 0.246 e. The molecule has 2 aromatic rings. The summed E-state index contributed by atoms with van der Waals surface area (Å²) in [5, 5.41) is 3.49. The molecule has 31 heavy (non-hydrogen) atoms. The van der Waals surface area contributed by atoms with Gasteiger partial charge in [0.15, 0.2) is 0 Å². The Bertz CT molecular complexity index is 1040. The number of nitrogens with zero attached hydrogens (tertiary/aromatic N) is 1. The predicted octanol–water partition coefficient (Wildman–Crippen LogP) is 4.19. The molecule has 1 heterocycles. The number of amides is 1. The first-order valence-corrected chi connectivity index (χ1v) is 12.2. The summed E-state index contributed by atoms with van der Waals surface area (Å²) in [6.07, 6.45) is 1.26. The van der Waals surface area contributed by atoms with Crippen molar-refractivity contribution in [1.29, 1.82) is 0 Å². The Morgan fingerprint density at radius 1 is 1.26 bits per heavy atom. The van der Waals surface area contributed by atoms with Gasteiger partial charge in [0.05, 0.1) is 13.0 Å². The zero-order valence-corrected chi connectivity index (χ0v) is 19.7. The van der Waals surface area contributed by atoms with E-state index in [1.54, 1.807) is 18.2 Å². The summed E-state index contributed by atoms with van der Waals surface area (Å²) in [5.74, 6) is -0.0766. The van der Waals surface area contributed by atoms with Crippen LogP contribution in [0.15, 0.2) is 47.4 Å². The fourth-order valence-corrected chi connectivity index (χ4v) is 5.65. The maximum absolute atomic E-state index is 13.4. The molecule has 1 atom stereocenters. The van der Waals surface area contributed by atoms with Crippen LogP contribution in [-0.4, -0.2) is 38.8 Å². The zero-order chi connectivity index (χ0) is 22.6. The van der Waals surface area contributed by atoms with E-state index in [4.69, 9.17) is 16.3 Å². The number of carbonyl (C=O) groups excluding carboxylic acids is 1. The summed E-state index contributed by atoms with van der Waals surface area (Å²) in [5.41, 5.74) is 1.75. The molecule has 1 fully saturated rings. The number of rotatable bonds is 7. The Hall–Kier alpha value is -2.09. The monoisotopic (exact) mass is 464 g/mol. The Kier molecular flexibility index (Phi) is 7.62. The normalized spacial score (nSPS) is 17.5. The van der Waals surface area contributed by atoms with Crippen molar-refractivity contribution in [3.05, 3.63) is 58.6 Å². The molecule has 8 heteroatoms. The molecule has 1 saturated heterocycles. The first-order valence-electron chi connectivity index (χ1n) is 10.4. The number of hydrogen-bond acceptors (Lipinski definition) is 4. The number of ether oxygens (including phenoxy) is 1. The van der Waals surface area contributed by atoms with Gasteiger partial charge in [-0.15, -0.1) is 0 Å². The van der Waals surface area contributed by atoms with Gasteiger partial charge in [-0.1, -0.05) is 49.7 Å². The molecule has 3 rings (SSSR count). The largest absolute Gasteiger partial charge is 0.495 e. The number of piperidine rings is 1. The van der Waals surface area contributed by atoms with E-state index in [0.29, 0.717) is 36.7 Å². The lowest BCUT2D eigenvalue weighted by molar-refractivity contribution is -0.126. The van der Waals surface area contributed by atoms with Crippen LogP contribution in [0.5, 0.6) is 5.75 Å². The highest BCUT2D eigenvalue weighted by molar-refractivity contribution is 7.89. The number of hydrogen-bond donors (Lipinski definition) is 1. The molecule has 6 nitrogen and oxygen atoms in total. The Balaban J connectivity index is 1.75. The van der Waals surface area contributed by atoms with Gasteiger partial charge >= 0.3 is 0 Å². The Morgan fingerprint density at radius 3 is 2.68 bits per heavy atom. The quantitative estimate of drug-likeness (QED) is 0.666. The van der Waals surface area contributed by atoms with Gasteiger partial charge < -0.3 is 10.1 Å². The summed E-state index contributed by atoms with van der Waals surface area (Å²) >= 11 is 6.16. The van der Waals surface area contributed by atoms with Gasteiger partial charge in [0.2, 0.25) is 15.9 Å². The van der Waals surface area contributed by atoms with Crippen LogP contribution in [0.3, 0.4) is 0 Å². The summed E-state index contributed by atoms with van der Waals surface area (Å²) < 4.78 is 33.6. The first kappa shape index (κ1) is 23.6. The summed E-state index contributed by atoms with van der Waals surface area (Å²) in [6.45, 7) is 4.86. The highest BCUT2D eigenvalue weighted by Gasteiger charge is 2.35. The lowest BCUT2D eigenvalue weighted by Crippen LogP contribution is -2.45. The Morgan fingerprint density at radius 2 is 2.00 bits per heavy atom. The van der Waals surface area contributed by atoms with E-state index >= 15 is 0 Å². The van der Waals surface area contributed by atoms with Crippen LogP contribution in [0.1, 0.15) is 43.7 Å². The van der Waals surface area contributed by atoms with Crippen LogP contribution in [0.25, 0.3) is 0 Å². The molecular formula is C23H29ClN2O4S. The molecule has 1 aliphatic rings. The van der Waals surface area contributed by atoms with Crippen LogP contribution in [0.2, 0.25) is 5.02 Å². The maximum Gasteiger partial charge on any atom is 0.246 e. The molecule has 0 saturated carbocycles. The number of nitrogens with one attached hydrogen (secondary N) is 1. The highest BCUT2D eigenvalue weighted by Crippen LogP contribution is 2.32. The fraction of sp³-hybridized carbons (Fsp3) is 0.435. The molecular weight excluding hydrogens is 436 g/mol. The average Bonchev–Trinajstić information content (AvgIpc) is 2.77. The minimum absolute atomic E-state index is 0.145. The first-order chi connectivity index (χ1) is 14.7. The fourth-order valence-electron chi connectivity index (χ4n) is 3.74. The second kappa shape index (κ2) is 10.0. The molecule has 1 N–H and O–H groups in total. The van der Waals surface area contributed by atoms with Crippen molar-refractivity contribution in [3.8, 4) is 5.75 Å². The van der Waals surface area contributed by atoms with E-state index in [1.165, 1.54) is 11.4 Å². The maximum atomic E-state index is 13.4. The molecule has 2 aromatic carbocycles. The standard InChI is InChI=1S/C23H29ClN2O4S/c1-16(2)17-10-11-21(30-3)22(13-17)31(28,29)26-12-6-8-19(15-26)23(27)25-14-18-7-4-5-9-20(18)24/h4-5,7,9-11,13,16,19H,6,8,12,14-15H2,1-3H3,(H,25,27)/t19-/m1/s1. The molecule has 0 aromatic heterocycles.